The number of hydrogen-bond donors (Lipinski definition) is 1. The van der Waals surface area contributed by atoms with Gasteiger partial charge < -0.3 is 10.2 Å². The van der Waals surface area contributed by atoms with Gasteiger partial charge in [-0.2, -0.15) is 0 Å². The van der Waals surface area contributed by atoms with Gasteiger partial charge in [0.1, 0.15) is 17.7 Å². The maximum absolute atomic E-state index is 13.9. The van der Waals surface area contributed by atoms with Crippen molar-refractivity contribution in [3.63, 3.8) is 0 Å². The molecule has 0 fully saturated rings. The Morgan fingerprint density at radius 3 is 2.37 bits per heavy atom. The van der Waals surface area contributed by atoms with Crippen molar-refractivity contribution in [3.05, 3.63) is 71.3 Å². The van der Waals surface area contributed by atoms with E-state index in [-0.39, 0.29) is 36.2 Å². The van der Waals surface area contributed by atoms with Crippen LogP contribution in [0.4, 0.5) is 8.78 Å². The van der Waals surface area contributed by atoms with Crippen molar-refractivity contribution in [1.29, 1.82) is 0 Å². The summed E-state index contributed by atoms with van der Waals surface area (Å²) in [6, 6.07) is 11.1. The molecule has 2 aromatic rings. The van der Waals surface area contributed by atoms with E-state index >= 15 is 0 Å². The molecule has 0 aliphatic heterocycles. The van der Waals surface area contributed by atoms with Crippen molar-refractivity contribution >= 4 is 11.8 Å². The molecule has 6 heteroatoms. The lowest BCUT2D eigenvalue weighted by Gasteiger charge is -2.29. The van der Waals surface area contributed by atoms with Crippen LogP contribution in [-0.4, -0.2) is 29.3 Å². The van der Waals surface area contributed by atoms with Crippen molar-refractivity contribution in [2.75, 3.05) is 6.54 Å². The molecule has 0 bridgehead atoms. The fraction of sp³-hybridized carbons (Fsp3) is 0.333. The molecule has 144 valence electrons. The highest BCUT2D eigenvalue weighted by molar-refractivity contribution is 5.88. The Kier molecular flexibility index (Phi) is 7.46. The highest BCUT2D eigenvalue weighted by Gasteiger charge is 2.26. The van der Waals surface area contributed by atoms with Crippen LogP contribution in [0, 0.1) is 11.6 Å². The second-order valence-electron chi connectivity index (χ2n) is 6.38. The molecule has 0 spiro atoms. The summed E-state index contributed by atoms with van der Waals surface area (Å²) in [6.45, 7) is 4.21. The van der Waals surface area contributed by atoms with Crippen LogP contribution in [-0.2, 0) is 22.6 Å². The van der Waals surface area contributed by atoms with Gasteiger partial charge in [0.25, 0.3) is 0 Å². The number of carbonyl (C=O) groups excluding carboxylic acids is 2. The summed E-state index contributed by atoms with van der Waals surface area (Å²) in [4.78, 5) is 26.6. The number of hydrogen-bond acceptors (Lipinski definition) is 2. The first kappa shape index (κ1) is 20.6. The van der Waals surface area contributed by atoms with Gasteiger partial charge in [0.15, 0.2) is 0 Å². The number of carbonyl (C=O) groups is 2. The number of halogens is 2. The highest BCUT2D eigenvalue weighted by Crippen LogP contribution is 2.14. The SMILES string of the molecule is CCCNC(=O)[C@@H](C)N(Cc1ccc(F)cc1)C(=O)Cc1ccccc1F. The zero-order chi connectivity index (χ0) is 19.8. The van der Waals surface area contributed by atoms with Gasteiger partial charge in [0.05, 0.1) is 6.42 Å². The van der Waals surface area contributed by atoms with E-state index in [1.807, 2.05) is 6.92 Å². The van der Waals surface area contributed by atoms with Crippen molar-refractivity contribution in [3.8, 4) is 0 Å². The van der Waals surface area contributed by atoms with Crippen molar-refractivity contribution < 1.29 is 18.4 Å². The van der Waals surface area contributed by atoms with Crippen LogP contribution in [0.1, 0.15) is 31.4 Å². The Labute approximate surface area is 158 Å². The van der Waals surface area contributed by atoms with Crippen molar-refractivity contribution in [2.45, 2.75) is 39.3 Å². The molecule has 0 aliphatic carbocycles. The molecule has 27 heavy (non-hydrogen) atoms. The number of benzene rings is 2. The topological polar surface area (TPSA) is 49.4 Å². The van der Waals surface area contributed by atoms with Gasteiger partial charge in [0, 0.05) is 13.1 Å². The van der Waals surface area contributed by atoms with Crippen LogP contribution in [0.3, 0.4) is 0 Å². The summed E-state index contributed by atoms with van der Waals surface area (Å²) in [5.74, 6) is -1.49. The van der Waals surface area contributed by atoms with Crippen LogP contribution >= 0.6 is 0 Å². The van der Waals surface area contributed by atoms with E-state index in [0.29, 0.717) is 12.1 Å². The van der Waals surface area contributed by atoms with E-state index in [2.05, 4.69) is 5.32 Å². The zero-order valence-corrected chi connectivity index (χ0v) is 15.5. The van der Waals surface area contributed by atoms with Crippen LogP contribution in [0.25, 0.3) is 0 Å². The molecule has 4 nitrogen and oxygen atoms in total. The number of rotatable bonds is 8. The van der Waals surface area contributed by atoms with E-state index in [4.69, 9.17) is 0 Å². The molecular weight excluding hydrogens is 350 g/mol. The third kappa shape index (κ3) is 5.88. The predicted molar refractivity (Wildman–Crippen MR) is 99.8 cm³/mol. The summed E-state index contributed by atoms with van der Waals surface area (Å²) in [5.41, 5.74) is 0.959. The highest BCUT2D eigenvalue weighted by atomic mass is 19.1. The second kappa shape index (κ2) is 9.80. The van der Waals surface area contributed by atoms with Crippen LogP contribution < -0.4 is 5.32 Å². The van der Waals surface area contributed by atoms with E-state index in [9.17, 15) is 18.4 Å². The molecule has 0 aliphatic rings. The largest absolute Gasteiger partial charge is 0.354 e. The first-order valence-electron chi connectivity index (χ1n) is 8.97. The van der Waals surface area contributed by atoms with Crippen molar-refractivity contribution in [2.24, 2.45) is 0 Å². The standard InChI is InChI=1S/C21H24F2N2O2/c1-3-12-24-21(27)15(2)25(14-16-8-10-18(22)11-9-16)20(26)13-17-6-4-5-7-19(17)23/h4-11,15H,3,12-14H2,1-2H3,(H,24,27)/t15-/m1/s1. The maximum atomic E-state index is 13.9. The number of nitrogens with zero attached hydrogens (tertiary/aromatic N) is 1. The van der Waals surface area contributed by atoms with E-state index < -0.39 is 11.9 Å². The average Bonchev–Trinajstić information content (AvgIpc) is 2.66. The minimum absolute atomic E-state index is 0.133. The molecule has 0 saturated heterocycles. The zero-order valence-electron chi connectivity index (χ0n) is 15.5. The summed E-state index contributed by atoms with van der Waals surface area (Å²) >= 11 is 0. The lowest BCUT2D eigenvalue weighted by molar-refractivity contribution is -0.140. The molecular formula is C21H24F2N2O2. The van der Waals surface area contributed by atoms with E-state index in [0.717, 1.165) is 6.42 Å². The Morgan fingerprint density at radius 1 is 1.07 bits per heavy atom. The molecule has 1 N–H and O–H groups in total. The second-order valence-corrected chi connectivity index (χ2v) is 6.38. The predicted octanol–water partition coefficient (Wildman–Crippen LogP) is 3.45. The molecule has 0 unspecified atom stereocenters. The van der Waals surface area contributed by atoms with Gasteiger partial charge in [-0.3, -0.25) is 9.59 Å². The normalized spacial score (nSPS) is 11.7. The summed E-state index contributed by atoms with van der Waals surface area (Å²) in [5, 5.41) is 2.77. The Balaban J connectivity index is 2.21. The van der Waals surface area contributed by atoms with Gasteiger partial charge in [-0.15, -0.1) is 0 Å². The third-order valence-electron chi connectivity index (χ3n) is 4.28. The van der Waals surface area contributed by atoms with E-state index in [1.165, 1.54) is 23.1 Å². The lowest BCUT2D eigenvalue weighted by Crippen LogP contribution is -2.48. The molecule has 0 aromatic heterocycles. The quantitative estimate of drug-likeness (QED) is 0.769. The molecule has 0 radical (unpaired) electrons. The fourth-order valence-corrected chi connectivity index (χ4v) is 2.67. The Hall–Kier alpha value is -2.76. The van der Waals surface area contributed by atoms with Crippen LogP contribution in [0.2, 0.25) is 0 Å². The first-order chi connectivity index (χ1) is 12.9. The monoisotopic (exact) mass is 374 g/mol. The minimum Gasteiger partial charge on any atom is -0.354 e. The smallest absolute Gasteiger partial charge is 0.242 e. The van der Waals surface area contributed by atoms with Gasteiger partial charge in [-0.25, -0.2) is 8.78 Å². The van der Waals surface area contributed by atoms with Gasteiger partial charge in [-0.05, 0) is 42.7 Å². The summed E-state index contributed by atoms with van der Waals surface area (Å²) in [7, 11) is 0. The Bertz CT molecular complexity index is 778. The first-order valence-corrected chi connectivity index (χ1v) is 8.97. The summed E-state index contributed by atoms with van der Waals surface area (Å²) < 4.78 is 27.1. The van der Waals surface area contributed by atoms with Gasteiger partial charge in [-0.1, -0.05) is 37.3 Å². The third-order valence-corrected chi connectivity index (χ3v) is 4.28. The van der Waals surface area contributed by atoms with Gasteiger partial charge >= 0.3 is 0 Å². The van der Waals surface area contributed by atoms with Crippen LogP contribution in [0.5, 0.6) is 0 Å². The van der Waals surface area contributed by atoms with Gasteiger partial charge in [0.2, 0.25) is 11.8 Å². The molecule has 2 rings (SSSR count). The summed E-state index contributed by atoms with van der Waals surface area (Å²) in [6.07, 6.45) is 0.624. The molecule has 2 aromatic carbocycles. The Morgan fingerprint density at radius 2 is 1.74 bits per heavy atom. The lowest BCUT2D eigenvalue weighted by atomic mass is 10.1. The van der Waals surface area contributed by atoms with Crippen LogP contribution in [0.15, 0.2) is 48.5 Å². The van der Waals surface area contributed by atoms with E-state index in [1.54, 1.807) is 37.3 Å². The van der Waals surface area contributed by atoms with Crippen molar-refractivity contribution in [1.82, 2.24) is 10.2 Å². The average molecular weight is 374 g/mol. The molecule has 2 amide bonds. The fourth-order valence-electron chi connectivity index (χ4n) is 2.67. The number of amides is 2. The molecule has 0 heterocycles. The maximum Gasteiger partial charge on any atom is 0.242 e. The number of nitrogens with one attached hydrogen (secondary N) is 1. The minimum atomic E-state index is -0.735. The molecule has 0 saturated carbocycles. The molecule has 1 atom stereocenters.